The number of nitrogens with zero attached hydrogens (tertiary/aromatic N) is 1. The van der Waals surface area contributed by atoms with Crippen LogP contribution in [0, 0.1) is 20.8 Å². The van der Waals surface area contributed by atoms with E-state index in [-0.39, 0.29) is 0 Å². The Kier molecular flexibility index (Phi) is 4.97. The van der Waals surface area contributed by atoms with Gasteiger partial charge in [0.25, 0.3) is 0 Å². The maximum absolute atomic E-state index is 5.98. The lowest BCUT2D eigenvalue weighted by atomic mass is 10.1. The van der Waals surface area contributed by atoms with Gasteiger partial charge in [-0.1, -0.05) is 26.0 Å². The summed E-state index contributed by atoms with van der Waals surface area (Å²) in [6.07, 6.45) is 0. The highest BCUT2D eigenvalue weighted by Gasteiger charge is 2.07. The summed E-state index contributed by atoms with van der Waals surface area (Å²) >= 11 is 0. The zero-order chi connectivity index (χ0) is 15.4. The average Bonchev–Trinajstić information content (AvgIpc) is 2.41. The van der Waals surface area contributed by atoms with Gasteiger partial charge in [0.15, 0.2) is 0 Å². The van der Waals surface area contributed by atoms with E-state index in [1.165, 1.54) is 11.1 Å². The third kappa shape index (κ3) is 4.30. The molecule has 0 aliphatic carbocycles. The van der Waals surface area contributed by atoms with Crippen LogP contribution in [-0.2, 0) is 6.54 Å². The van der Waals surface area contributed by atoms with Gasteiger partial charge in [0.1, 0.15) is 5.75 Å². The molecule has 0 fully saturated rings. The maximum atomic E-state index is 5.98. The van der Waals surface area contributed by atoms with Crippen molar-refractivity contribution >= 4 is 0 Å². The number of rotatable bonds is 5. The number of ether oxygens (including phenoxy) is 1. The molecule has 1 aromatic carbocycles. The second-order valence-corrected chi connectivity index (χ2v) is 5.79. The summed E-state index contributed by atoms with van der Waals surface area (Å²) < 4.78 is 5.98. The number of aryl methyl sites for hydroxylation is 2. The summed E-state index contributed by atoms with van der Waals surface area (Å²) in [5, 5.41) is 3.42. The van der Waals surface area contributed by atoms with Gasteiger partial charge in [0, 0.05) is 24.3 Å². The van der Waals surface area contributed by atoms with E-state index in [1.807, 2.05) is 25.1 Å². The number of hydrogen-bond donors (Lipinski definition) is 1. The Morgan fingerprint density at radius 1 is 1.14 bits per heavy atom. The van der Waals surface area contributed by atoms with E-state index in [9.17, 15) is 0 Å². The van der Waals surface area contributed by atoms with Crippen LogP contribution in [0.15, 0.2) is 30.3 Å². The van der Waals surface area contributed by atoms with Crippen molar-refractivity contribution in [2.75, 3.05) is 0 Å². The second kappa shape index (κ2) is 6.72. The fraction of sp³-hybridized carbons (Fsp3) is 0.389. The molecule has 0 saturated carbocycles. The van der Waals surface area contributed by atoms with Gasteiger partial charge in [-0.3, -0.25) is 0 Å². The van der Waals surface area contributed by atoms with Crippen LogP contribution >= 0.6 is 0 Å². The zero-order valence-corrected chi connectivity index (χ0v) is 13.5. The lowest BCUT2D eigenvalue weighted by molar-refractivity contribution is 0.456. The molecular formula is C18H24N2O. The van der Waals surface area contributed by atoms with E-state index in [4.69, 9.17) is 4.74 Å². The number of benzene rings is 1. The van der Waals surface area contributed by atoms with E-state index in [2.05, 4.69) is 50.1 Å². The Balaban J connectivity index is 2.21. The van der Waals surface area contributed by atoms with Crippen molar-refractivity contribution in [1.82, 2.24) is 10.3 Å². The summed E-state index contributed by atoms with van der Waals surface area (Å²) in [4.78, 5) is 4.48. The summed E-state index contributed by atoms with van der Waals surface area (Å²) in [5.41, 5.74) is 4.54. The predicted octanol–water partition coefficient (Wildman–Crippen LogP) is 4.30. The zero-order valence-electron chi connectivity index (χ0n) is 13.5. The summed E-state index contributed by atoms with van der Waals surface area (Å²) in [5.74, 6) is 1.53. The van der Waals surface area contributed by atoms with Crippen molar-refractivity contribution < 1.29 is 4.74 Å². The van der Waals surface area contributed by atoms with Gasteiger partial charge in [-0.15, -0.1) is 0 Å². The molecule has 0 spiro atoms. The van der Waals surface area contributed by atoms with Crippen LogP contribution in [0.3, 0.4) is 0 Å². The molecule has 112 valence electrons. The first-order chi connectivity index (χ1) is 9.95. The quantitative estimate of drug-likeness (QED) is 0.889. The highest BCUT2D eigenvalue weighted by atomic mass is 16.5. The maximum Gasteiger partial charge on any atom is 0.219 e. The van der Waals surface area contributed by atoms with E-state index >= 15 is 0 Å². The standard InChI is InChI=1S/C18H24N2O/c1-12(2)19-11-16-9-14(4)20-18(10-16)21-17-8-6-7-13(3)15(17)5/h6-10,12,19H,11H2,1-5H3. The molecule has 21 heavy (non-hydrogen) atoms. The summed E-state index contributed by atoms with van der Waals surface area (Å²) in [6.45, 7) is 11.3. The molecule has 3 nitrogen and oxygen atoms in total. The Hall–Kier alpha value is -1.87. The largest absolute Gasteiger partial charge is 0.439 e. The van der Waals surface area contributed by atoms with Crippen LogP contribution in [-0.4, -0.2) is 11.0 Å². The van der Waals surface area contributed by atoms with Gasteiger partial charge in [0.05, 0.1) is 0 Å². The number of aromatic nitrogens is 1. The molecule has 0 aliphatic rings. The first kappa shape index (κ1) is 15.5. The van der Waals surface area contributed by atoms with E-state index in [0.29, 0.717) is 11.9 Å². The normalized spacial score (nSPS) is 11.0. The van der Waals surface area contributed by atoms with Gasteiger partial charge in [-0.25, -0.2) is 4.98 Å². The fourth-order valence-corrected chi connectivity index (χ4v) is 2.13. The number of hydrogen-bond acceptors (Lipinski definition) is 3. The van der Waals surface area contributed by atoms with Gasteiger partial charge >= 0.3 is 0 Å². The monoisotopic (exact) mass is 284 g/mol. The average molecular weight is 284 g/mol. The van der Waals surface area contributed by atoms with Gasteiger partial charge in [0.2, 0.25) is 5.88 Å². The third-order valence-electron chi connectivity index (χ3n) is 3.47. The van der Waals surface area contributed by atoms with Gasteiger partial charge in [-0.2, -0.15) is 0 Å². The molecule has 0 aliphatic heterocycles. The van der Waals surface area contributed by atoms with Crippen molar-refractivity contribution in [3.8, 4) is 11.6 Å². The number of nitrogens with one attached hydrogen (secondary N) is 1. The van der Waals surface area contributed by atoms with Crippen LogP contribution in [0.1, 0.15) is 36.2 Å². The first-order valence-electron chi connectivity index (χ1n) is 7.40. The van der Waals surface area contributed by atoms with Crippen molar-refractivity contribution in [1.29, 1.82) is 0 Å². The Bertz CT molecular complexity index is 621. The Morgan fingerprint density at radius 2 is 1.90 bits per heavy atom. The molecule has 3 heteroatoms. The van der Waals surface area contributed by atoms with Crippen LogP contribution in [0.5, 0.6) is 11.6 Å². The molecule has 2 rings (SSSR count). The minimum atomic E-state index is 0.460. The van der Waals surface area contributed by atoms with Crippen LogP contribution in [0.4, 0.5) is 0 Å². The van der Waals surface area contributed by atoms with Crippen LogP contribution < -0.4 is 10.1 Å². The van der Waals surface area contributed by atoms with Crippen LogP contribution in [0.2, 0.25) is 0 Å². The smallest absolute Gasteiger partial charge is 0.219 e. The molecular weight excluding hydrogens is 260 g/mol. The van der Waals surface area contributed by atoms with E-state index in [0.717, 1.165) is 23.6 Å². The van der Waals surface area contributed by atoms with E-state index < -0.39 is 0 Å². The molecule has 0 unspecified atom stereocenters. The second-order valence-electron chi connectivity index (χ2n) is 5.79. The minimum Gasteiger partial charge on any atom is -0.439 e. The van der Waals surface area contributed by atoms with E-state index in [1.54, 1.807) is 0 Å². The molecule has 2 aromatic rings. The summed E-state index contributed by atoms with van der Waals surface area (Å²) in [6, 6.07) is 10.6. The van der Waals surface area contributed by atoms with Crippen molar-refractivity contribution in [2.24, 2.45) is 0 Å². The predicted molar refractivity (Wildman–Crippen MR) is 86.9 cm³/mol. The molecule has 0 bridgehead atoms. The minimum absolute atomic E-state index is 0.460. The van der Waals surface area contributed by atoms with Gasteiger partial charge < -0.3 is 10.1 Å². The summed E-state index contributed by atoms with van der Waals surface area (Å²) in [7, 11) is 0. The molecule has 0 amide bonds. The lowest BCUT2D eigenvalue weighted by Gasteiger charge is -2.13. The highest BCUT2D eigenvalue weighted by molar-refractivity contribution is 5.40. The van der Waals surface area contributed by atoms with Crippen molar-refractivity contribution in [3.05, 3.63) is 52.7 Å². The lowest BCUT2D eigenvalue weighted by Crippen LogP contribution is -2.21. The molecule has 0 radical (unpaired) electrons. The van der Waals surface area contributed by atoms with Crippen molar-refractivity contribution in [3.63, 3.8) is 0 Å². The topological polar surface area (TPSA) is 34.1 Å². The highest BCUT2D eigenvalue weighted by Crippen LogP contribution is 2.26. The fourth-order valence-electron chi connectivity index (χ4n) is 2.13. The number of pyridine rings is 1. The molecule has 1 heterocycles. The van der Waals surface area contributed by atoms with Gasteiger partial charge in [-0.05, 0) is 49.6 Å². The molecule has 1 aromatic heterocycles. The molecule has 0 saturated heterocycles. The Labute approximate surface area is 127 Å². The third-order valence-corrected chi connectivity index (χ3v) is 3.47. The first-order valence-corrected chi connectivity index (χ1v) is 7.40. The van der Waals surface area contributed by atoms with Crippen LogP contribution in [0.25, 0.3) is 0 Å². The SMILES string of the molecule is Cc1cc(CNC(C)C)cc(Oc2cccc(C)c2C)n1. The molecule has 1 N–H and O–H groups in total. The molecule has 0 atom stereocenters. The Morgan fingerprint density at radius 3 is 2.62 bits per heavy atom. The van der Waals surface area contributed by atoms with Crippen molar-refractivity contribution in [2.45, 2.75) is 47.2 Å².